The molecule has 5 heteroatoms. The Kier molecular flexibility index (Phi) is 2.75. The van der Waals surface area contributed by atoms with Gasteiger partial charge in [0.05, 0.1) is 6.10 Å². The molecule has 2 atom stereocenters. The zero-order valence-electron chi connectivity index (χ0n) is 8.82. The van der Waals surface area contributed by atoms with Gasteiger partial charge in [-0.3, -0.25) is 9.55 Å². The number of nitrogens with one attached hydrogen (secondary N) is 1. The lowest BCUT2D eigenvalue weighted by Gasteiger charge is -2.14. The first-order valence-corrected chi connectivity index (χ1v) is 5.46. The number of aromatic nitrogens is 2. The molecule has 0 unspecified atom stereocenters. The Hall–Kier alpha value is -0.940. The molecule has 0 spiro atoms. The highest BCUT2D eigenvalue weighted by molar-refractivity contribution is 7.71. The van der Waals surface area contributed by atoms with Crippen LogP contribution in [0.5, 0.6) is 0 Å². The van der Waals surface area contributed by atoms with Crippen molar-refractivity contribution in [2.45, 2.75) is 39.0 Å². The predicted molar refractivity (Wildman–Crippen MR) is 59.4 cm³/mol. The molecule has 0 bridgehead atoms. The first kappa shape index (κ1) is 10.6. The molecule has 1 N–H and O–H groups in total. The molecule has 1 fully saturated rings. The minimum absolute atomic E-state index is 0.141. The summed E-state index contributed by atoms with van der Waals surface area (Å²) >= 11 is 4.99. The molecule has 0 aromatic carbocycles. The summed E-state index contributed by atoms with van der Waals surface area (Å²) in [5.74, 6) is 0. The topological polar surface area (TPSA) is 47.0 Å². The van der Waals surface area contributed by atoms with Crippen molar-refractivity contribution in [1.29, 1.82) is 0 Å². The van der Waals surface area contributed by atoms with Crippen LogP contribution < -0.4 is 5.69 Å². The van der Waals surface area contributed by atoms with Crippen LogP contribution >= 0.6 is 12.2 Å². The van der Waals surface area contributed by atoms with E-state index in [2.05, 4.69) is 4.98 Å². The Morgan fingerprint density at radius 2 is 2.33 bits per heavy atom. The summed E-state index contributed by atoms with van der Waals surface area (Å²) in [4.78, 5) is 14.3. The summed E-state index contributed by atoms with van der Waals surface area (Å²) in [6.45, 7) is 3.90. The van der Waals surface area contributed by atoms with Crippen molar-refractivity contribution >= 4 is 12.2 Å². The van der Waals surface area contributed by atoms with E-state index < -0.39 is 0 Å². The van der Waals surface area contributed by atoms with E-state index in [-0.39, 0.29) is 18.0 Å². The maximum absolute atomic E-state index is 11.6. The standard InChI is InChI=1S/C10H14N2O2S/c1-6-5-12(10(13)11-9(6)15)8-4-3-7(2)14-8/h5,7-8H,3-4H2,1-2H3,(H,11,13,15)/t7-,8-/m1/s1. The molecule has 82 valence electrons. The summed E-state index contributed by atoms with van der Waals surface area (Å²) in [5.41, 5.74) is 0.706. The Labute approximate surface area is 92.9 Å². The van der Waals surface area contributed by atoms with Crippen LogP contribution in [0.15, 0.2) is 11.0 Å². The van der Waals surface area contributed by atoms with Crippen LogP contribution in [0.4, 0.5) is 0 Å². The maximum atomic E-state index is 11.6. The van der Waals surface area contributed by atoms with Crippen LogP contribution in [0.2, 0.25) is 0 Å². The molecule has 1 aromatic rings. The minimum Gasteiger partial charge on any atom is -0.355 e. The van der Waals surface area contributed by atoms with Gasteiger partial charge in [0.15, 0.2) is 0 Å². The van der Waals surface area contributed by atoms with E-state index >= 15 is 0 Å². The number of H-pyrrole nitrogens is 1. The van der Waals surface area contributed by atoms with Crippen molar-refractivity contribution in [3.8, 4) is 0 Å². The Morgan fingerprint density at radius 1 is 1.60 bits per heavy atom. The highest BCUT2D eigenvalue weighted by atomic mass is 32.1. The fraction of sp³-hybridized carbons (Fsp3) is 0.600. The zero-order valence-corrected chi connectivity index (χ0v) is 9.63. The Bertz CT molecular complexity index is 477. The molecule has 2 heterocycles. The van der Waals surface area contributed by atoms with Crippen LogP contribution in [-0.2, 0) is 4.74 Å². The molecule has 1 aromatic heterocycles. The third-order valence-electron chi connectivity index (χ3n) is 2.67. The first-order chi connectivity index (χ1) is 7.08. The largest absolute Gasteiger partial charge is 0.355 e. The molecule has 1 aliphatic rings. The van der Waals surface area contributed by atoms with Crippen LogP contribution in [-0.4, -0.2) is 15.7 Å². The van der Waals surface area contributed by atoms with E-state index in [9.17, 15) is 4.79 Å². The molecule has 0 saturated carbocycles. The first-order valence-electron chi connectivity index (χ1n) is 5.05. The molecule has 0 radical (unpaired) electrons. The monoisotopic (exact) mass is 226 g/mol. The van der Waals surface area contributed by atoms with Gasteiger partial charge in [0.2, 0.25) is 0 Å². The van der Waals surface area contributed by atoms with E-state index in [1.165, 1.54) is 0 Å². The molecule has 0 aliphatic carbocycles. The van der Waals surface area contributed by atoms with E-state index in [1.807, 2.05) is 13.8 Å². The molecular weight excluding hydrogens is 212 g/mol. The second-order valence-electron chi connectivity index (χ2n) is 3.96. The molecule has 1 saturated heterocycles. The van der Waals surface area contributed by atoms with Crippen molar-refractivity contribution in [1.82, 2.24) is 9.55 Å². The van der Waals surface area contributed by atoms with E-state index in [4.69, 9.17) is 17.0 Å². The number of aryl methyl sites for hydroxylation is 1. The SMILES string of the molecule is Cc1cn([C@H]2CC[C@@H](C)O2)c(=O)[nH]c1=S. The normalized spacial score (nSPS) is 25.7. The number of ether oxygens (including phenoxy) is 1. The number of hydrogen-bond donors (Lipinski definition) is 1. The number of rotatable bonds is 1. The summed E-state index contributed by atoms with van der Waals surface area (Å²) in [6.07, 6.45) is 3.73. The quantitative estimate of drug-likeness (QED) is 0.744. The second kappa shape index (κ2) is 3.90. The lowest BCUT2D eigenvalue weighted by atomic mass is 10.2. The van der Waals surface area contributed by atoms with Gasteiger partial charge in [-0.25, -0.2) is 4.79 Å². The van der Waals surface area contributed by atoms with Gasteiger partial charge < -0.3 is 4.74 Å². The lowest BCUT2D eigenvalue weighted by Crippen LogP contribution is -2.27. The third kappa shape index (κ3) is 2.03. The van der Waals surface area contributed by atoms with Gasteiger partial charge >= 0.3 is 5.69 Å². The molecule has 2 rings (SSSR count). The van der Waals surface area contributed by atoms with Gasteiger partial charge in [-0.05, 0) is 26.7 Å². The number of nitrogens with zero attached hydrogens (tertiary/aromatic N) is 1. The van der Waals surface area contributed by atoms with Crippen molar-refractivity contribution in [3.63, 3.8) is 0 Å². The summed E-state index contributed by atoms with van der Waals surface area (Å²) in [7, 11) is 0. The van der Waals surface area contributed by atoms with E-state index in [0.29, 0.717) is 4.64 Å². The maximum Gasteiger partial charge on any atom is 0.328 e. The van der Waals surface area contributed by atoms with Gasteiger partial charge in [0, 0.05) is 11.8 Å². The van der Waals surface area contributed by atoms with Gasteiger partial charge in [0.25, 0.3) is 0 Å². The van der Waals surface area contributed by atoms with Crippen molar-refractivity contribution < 1.29 is 4.74 Å². The second-order valence-corrected chi connectivity index (χ2v) is 4.37. The molecule has 0 amide bonds. The van der Waals surface area contributed by atoms with E-state index in [0.717, 1.165) is 18.4 Å². The zero-order chi connectivity index (χ0) is 11.0. The fourth-order valence-electron chi connectivity index (χ4n) is 1.79. The van der Waals surface area contributed by atoms with Crippen LogP contribution in [0, 0.1) is 11.6 Å². The third-order valence-corrected chi connectivity index (χ3v) is 3.09. The molecular formula is C10H14N2O2S. The smallest absolute Gasteiger partial charge is 0.328 e. The van der Waals surface area contributed by atoms with Gasteiger partial charge in [-0.2, -0.15) is 0 Å². The average Bonchev–Trinajstić information content (AvgIpc) is 2.58. The number of aromatic amines is 1. The fourth-order valence-corrected chi connectivity index (χ4v) is 1.93. The highest BCUT2D eigenvalue weighted by Gasteiger charge is 2.24. The van der Waals surface area contributed by atoms with Crippen LogP contribution in [0.1, 0.15) is 31.6 Å². The average molecular weight is 226 g/mol. The molecule has 4 nitrogen and oxygen atoms in total. The Morgan fingerprint density at radius 3 is 2.93 bits per heavy atom. The van der Waals surface area contributed by atoms with Crippen molar-refractivity contribution in [2.75, 3.05) is 0 Å². The van der Waals surface area contributed by atoms with Gasteiger partial charge in [-0.15, -0.1) is 0 Å². The van der Waals surface area contributed by atoms with Crippen molar-refractivity contribution in [2.24, 2.45) is 0 Å². The minimum atomic E-state index is -0.190. The summed E-state index contributed by atoms with van der Waals surface area (Å²) in [6, 6.07) is 0. The highest BCUT2D eigenvalue weighted by Crippen LogP contribution is 2.26. The van der Waals surface area contributed by atoms with Gasteiger partial charge in [-0.1, -0.05) is 12.2 Å². The summed E-state index contributed by atoms with van der Waals surface area (Å²) < 4.78 is 7.73. The van der Waals surface area contributed by atoms with Crippen molar-refractivity contribution in [3.05, 3.63) is 26.9 Å². The van der Waals surface area contributed by atoms with Gasteiger partial charge in [0.1, 0.15) is 10.9 Å². The van der Waals surface area contributed by atoms with E-state index in [1.54, 1.807) is 10.8 Å². The summed E-state index contributed by atoms with van der Waals surface area (Å²) in [5, 5.41) is 0. The Balaban J connectivity index is 2.41. The van der Waals surface area contributed by atoms with Crippen LogP contribution in [0.25, 0.3) is 0 Å². The van der Waals surface area contributed by atoms with Crippen LogP contribution in [0.3, 0.4) is 0 Å². The molecule has 15 heavy (non-hydrogen) atoms. The number of hydrogen-bond acceptors (Lipinski definition) is 3. The molecule has 1 aliphatic heterocycles. The predicted octanol–water partition coefficient (Wildman–Crippen LogP) is 1.91. The lowest BCUT2D eigenvalue weighted by molar-refractivity contribution is 0.00785.